The van der Waals surface area contributed by atoms with Gasteiger partial charge >= 0.3 is 6.03 Å². The lowest BCUT2D eigenvalue weighted by Gasteiger charge is -2.16. The van der Waals surface area contributed by atoms with Gasteiger partial charge in [-0.1, -0.05) is 12.1 Å². The Balaban J connectivity index is 1.80. The molecule has 0 bridgehead atoms. The molecule has 1 aliphatic rings. The van der Waals surface area contributed by atoms with Crippen LogP contribution >= 0.6 is 0 Å². The van der Waals surface area contributed by atoms with Crippen LogP contribution in [0.3, 0.4) is 0 Å². The number of nitrogens with one attached hydrogen (secondary N) is 1. The van der Waals surface area contributed by atoms with Crippen molar-refractivity contribution < 1.29 is 18.4 Å². The van der Waals surface area contributed by atoms with Crippen molar-refractivity contribution in [2.45, 2.75) is 12.6 Å². The Bertz CT molecular complexity index is 822. The highest BCUT2D eigenvalue weighted by Crippen LogP contribution is 2.26. The molecule has 3 rings (SSSR count). The van der Waals surface area contributed by atoms with Gasteiger partial charge in [-0.2, -0.15) is 0 Å². The van der Waals surface area contributed by atoms with Gasteiger partial charge in [0.15, 0.2) is 0 Å². The number of carbonyl (C=O) groups excluding carboxylic acids is 2. The molecule has 1 heterocycles. The average Bonchev–Trinajstić information content (AvgIpc) is 2.85. The van der Waals surface area contributed by atoms with E-state index in [9.17, 15) is 18.4 Å². The van der Waals surface area contributed by atoms with Crippen LogP contribution in [0.2, 0.25) is 0 Å². The standard InChI is InChI=1S/C18H17F2N3O2/c1-22(2)13-6-3-11(4-7-13)10-23-17(24)16(21-18(23)25)14-9-12(19)5-8-15(14)20/h3-9,16H,10H2,1-2H3,(H,21,25). The Labute approximate surface area is 143 Å². The maximum absolute atomic E-state index is 13.9. The number of benzene rings is 2. The van der Waals surface area contributed by atoms with E-state index in [4.69, 9.17) is 0 Å². The fourth-order valence-electron chi connectivity index (χ4n) is 2.70. The van der Waals surface area contributed by atoms with Gasteiger partial charge in [0, 0.05) is 25.3 Å². The highest BCUT2D eigenvalue weighted by molar-refractivity contribution is 6.04. The molecule has 0 spiro atoms. The molecule has 0 aromatic heterocycles. The molecule has 1 atom stereocenters. The summed E-state index contributed by atoms with van der Waals surface area (Å²) in [6, 6.07) is 8.34. The topological polar surface area (TPSA) is 52.6 Å². The Kier molecular flexibility index (Phi) is 4.39. The van der Waals surface area contributed by atoms with Crippen LogP contribution in [0, 0.1) is 11.6 Å². The Morgan fingerprint density at radius 2 is 1.76 bits per heavy atom. The van der Waals surface area contributed by atoms with E-state index in [1.165, 1.54) is 0 Å². The molecular formula is C18H17F2N3O2. The van der Waals surface area contributed by atoms with Gasteiger partial charge in [0.25, 0.3) is 5.91 Å². The van der Waals surface area contributed by atoms with E-state index in [2.05, 4.69) is 5.32 Å². The van der Waals surface area contributed by atoms with Gasteiger partial charge in [0.1, 0.15) is 17.7 Å². The van der Waals surface area contributed by atoms with Crippen molar-refractivity contribution in [1.29, 1.82) is 0 Å². The Morgan fingerprint density at radius 3 is 2.40 bits per heavy atom. The molecule has 3 amide bonds. The summed E-state index contributed by atoms with van der Waals surface area (Å²) in [7, 11) is 3.81. The van der Waals surface area contributed by atoms with E-state index >= 15 is 0 Å². The summed E-state index contributed by atoms with van der Waals surface area (Å²) in [5.74, 6) is -2.01. The summed E-state index contributed by atoms with van der Waals surface area (Å²) in [6.07, 6.45) is 0. The molecule has 25 heavy (non-hydrogen) atoms. The largest absolute Gasteiger partial charge is 0.378 e. The quantitative estimate of drug-likeness (QED) is 0.867. The zero-order valence-corrected chi connectivity index (χ0v) is 13.8. The van der Waals surface area contributed by atoms with Crippen LogP contribution in [-0.4, -0.2) is 30.9 Å². The summed E-state index contributed by atoms with van der Waals surface area (Å²) in [6.45, 7) is 0.0613. The van der Waals surface area contributed by atoms with Gasteiger partial charge in [0.2, 0.25) is 0 Å². The van der Waals surface area contributed by atoms with Crippen LogP contribution in [0.15, 0.2) is 42.5 Å². The third-order valence-electron chi connectivity index (χ3n) is 4.09. The number of carbonyl (C=O) groups is 2. The predicted octanol–water partition coefficient (Wildman–Crippen LogP) is 2.82. The lowest BCUT2D eigenvalue weighted by Crippen LogP contribution is -2.30. The summed E-state index contributed by atoms with van der Waals surface area (Å²) in [5.41, 5.74) is 1.57. The lowest BCUT2D eigenvalue weighted by molar-refractivity contribution is -0.128. The molecule has 2 aromatic rings. The molecule has 1 N–H and O–H groups in total. The van der Waals surface area contributed by atoms with Crippen LogP contribution < -0.4 is 10.2 Å². The maximum Gasteiger partial charge on any atom is 0.325 e. The first-order valence-corrected chi connectivity index (χ1v) is 7.70. The second kappa shape index (κ2) is 6.51. The number of nitrogens with zero attached hydrogens (tertiary/aromatic N) is 2. The van der Waals surface area contributed by atoms with Crippen molar-refractivity contribution in [3.05, 3.63) is 65.2 Å². The second-order valence-electron chi connectivity index (χ2n) is 6.03. The number of urea groups is 1. The first kappa shape index (κ1) is 16.9. The van der Waals surface area contributed by atoms with Crippen LogP contribution in [0.25, 0.3) is 0 Å². The number of hydrogen-bond acceptors (Lipinski definition) is 3. The van der Waals surface area contributed by atoms with Crippen molar-refractivity contribution in [2.75, 3.05) is 19.0 Å². The van der Waals surface area contributed by atoms with E-state index in [0.717, 1.165) is 34.3 Å². The molecular weight excluding hydrogens is 328 g/mol. The van der Waals surface area contributed by atoms with Gasteiger partial charge in [-0.15, -0.1) is 0 Å². The van der Waals surface area contributed by atoms with E-state index in [0.29, 0.717) is 0 Å². The summed E-state index contributed by atoms with van der Waals surface area (Å²) >= 11 is 0. The van der Waals surface area contributed by atoms with Crippen LogP contribution in [-0.2, 0) is 11.3 Å². The molecule has 0 saturated carbocycles. The minimum absolute atomic E-state index is 0.0613. The number of anilines is 1. The van der Waals surface area contributed by atoms with Gasteiger partial charge in [0.05, 0.1) is 6.54 Å². The van der Waals surface area contributed by atoms with Crippen molar-refractivity contribution in [2.24, 2.45) is 0 Å². The molecule has 5 nitrogen and oxygen atoms in total. The van der Waals surface area contributed by atoms with Crippen LogP contribution in [0.4, 0.5) is 19.3 Å². The predicted molar refractivity (Wildman–Crippen MR) is 88.9 cm³/mol. The molecule has 1 fully saturated rings. The third kappa shape index (κ3) is 3.31. The molecule has 7 heteroatoms. The van der Waals surface area contributed by atoms with E-state index < -0.39 is 29.6 Å². The smallest absolute Gasteiger partial charge is 0.325 e. The summed E-state index contributed by atoms with van der Waals surface area (Å²) in [5, 5.41) is 2.41. The average molecular weight is 345 g/mol. The second-order valence-corrected chi connectivity index (χ2v) is 6.03. The molecule has 0 aliphatic carbocycles. The molecule has 1 saturated heterocycles. The zero-order chi connectivity index (χ0) is 18.1. The van der Waals surface area contributed by atoms with Crippen molar-refractivity contribution in [3.8, 4) is 0 Å². The maximum atomic E-state index is 13.9. The summed E-state index contributed by atoms with van der Waals surface area (Å²) < 4.78 is 27.3. The molecule has 2 aromatic carbocycles. The Morgan fingerprint density at radius 1 is 1.08 bits per heavy atom. The monoisotopic (exact) mass is 345 g/mol. The van der Waals surface area contributed by atoms with Crippen LogP contribution in [0.1, 0.15) is 17.2 Å². The first-order valence-electron chi connectivity index (χ1n) is 7.70. The first-order chi connectivity index (χ1) is 11.9. The minimum Gasteiger partial charge on any atom is -0.378 e. The molecule has 1 aliphatic heterocycles. The highest BCUT2D eigenvalue weighted by atomic mass is 19.1. The lowest BCUT2D eigenvalue weighted by atomic mass is 10.1. The number of halogens is 2. The normalized spacial score (nSPS) is 17.0. The van der Waals surface area contributed by atoms with E-state index in [-0.39, 0.29) is 12.1 Å². The number of rotatable bonds is 4. The minimum atomic E-state index is -1.22. The fourth-order valence-corrected chi connectivity index (χ4v) is 2.70. The van der Waals surface area contributed by atoms with Crippen molar-refractivity contribution in [1.82, 2.24) is 10.2 Å². The van der Waals surface area contributed by atoms with Gasteiger partial charge in [-0.25, -0.2) is 13.6 Å². The SMILES string of the molecule is CN(C)c1ccc(CN2C(=O)NC(c3cc(F)ccc3F)C2=O)cc1. The Hall–Kier alpha value is -2.96. The number of amides is 3. The number of hydrogen-bond donors (Lipinski definition) is 1. The number of imide groups is 1. The van der Waals surface area contributed by atoms with Crippen LogP contribution in [0.5, 0.6) is 0 Å². The summed E-state index contributed by atoms with van der Waals surface area (Å²) in [4.78, 5) is 27.5. The van der Waals surface area contributed by atoms with Gasteiger partial charge in [-0.05, 0) is 35.9 Å². The van der Waals surface area contributed by atoms with Gasteiger partial charge in [-0.3, -0.25) is 9.69 Å². The molecule has 130 valence electrons. The van der Waals surface area contributed by atoms with E-state index in [1.54, 1.807) is 0 Å². The van der Waals surface area contributed by atoms with Crippen molar-refractivity contribution >= 4 is 17.6 Å². The zero-order valence-electron chi connectivity index (χ0n) is 13.8. The molecule has 1 unspecified atom stereocenters. The van der Waals surface area contributed by atoms with E-state index in [1.807, 2.05) is 43.3 Å². The fraction of sp³-hybridized carbons (Fsp3) is 0.222. The third-order valence-corrected chi connectivity index (χ3v) is 4.09. The highest BCUT2D eigenvalue weighted by Gasteiger charge is 2.40. The van der Waals surface area contributed by atoms with Gasteiger partial charge < -0.3 is 10.2 Å². The van der Waals surface area contributed by atoms with Crippen molar-refractivity contribution in [3.63, 3.8) is 0 Å². The molecule has 0 radical (unpaired) electrons.